The van der Waals surface area contributed by atoms with Gasteiger partial charge >= 0.3 is 0 Å². The molecule has 118 valence electrons. The van der Waals surface area contributed by atoms with Gasteiger partial charge in [0.2, 0.25) is 0 Å². The monoisotopic (exact) mass is 297 g/mol. The molecule has 0 saturated heterocycles. The molecule has 2 nitrogen and oxygen atoms in total. The minimum atomic E-state index is -0.754. The first-order valence-electron chi connectivity index (χ1n) is 7.81. The molecule has 0 heterocycles. The zero-order valence-electron chi connectivity index (χ0n) is 13.1. The van der Waals surface area contributed by atoms with Gasteiger partial charge in [0.25, 0.3) is 0 Å². The summed E-state index contributed by atoms with van der Waals surface area (Å²) in [4.78, 5) is 0. The van der Waals surface area contributed by atoms with Crippen molar-refractivity contribution in [2.24, 2.45) is 0 Å². The third-order valence-electron chi connectivity index (χ3n) is 4.56. The normalized spacial score (nSPS) is 19.5. The van der Waals surface area contributed by atoms with E-state index in [0.717, 1.165) is 25.7 Å². The summed E-state index contributed by atoms with van der Waals surface area (Å²) in [6, 6.07) is 3.00. The van der Waals surface area contributed by atoms with Crippen LogP contribution in [0.2, 0.25) is 0 Å². The van der Waals surface area contributed by atoms with Gasteiger partial charge < -0.3 is 10.1 Å². The first kappa shape index (κ1) is 16.4. The highest BCUT2D eigenvalue weighted by Crippen LogP contribution is 2.42. The van der Waals surface area contributed by atoms with Crippen molar-refractivity contribution >= 4 is 0 Å². The Labute approximate surface area is 125 Å². The Bertz CT molecular complexity index is 478. The van der Waals surface area contributed by atoms with E-state index in [0.29, 0.717) is 17.7 Å². The average molecular weight is 297 g/mol. The zero-order valence-corrected chi connectivity index (χ0v) is 13.1. The van der Waals surface area contributed by atoms with Crippen LogP contribution in [0, 0.1) is 18.6 Å². The maximum absolute atomic E-state index is 14.4. The van der Waals surface area contributed by atoms with Crippen LogP contribution in [0.4, 0.5) is 8.78 Å². The van der Waals surface area contributed by atoms with Crippen molar-refractivity contribution in [3.8, 4) is 0 Å². The predicted molar refractivity (Wildman–Crippen MR) is 80.3 cm³/mol. The van der Waals surface area contributed by atoms with Crippen LogP contribution in [0.5, 0.6) is 0 Å². The van der Waals surface area contributed by atoms with Crippen LogP contribution in [0.15, 0.2) is 12.1 Å². The van der Waals surface area contributed by atoms with Crippen molar-refractivity contribution in [3.63, 3.8) is 0 Å². The van der Waals surface area contributed by atoms with Crippen LogP contribution in [0.1, 0.15) is 56.2 Å². The van der Waals surface area contributed by atoms with E-state index >= 15 is 0 Å². The number of halogens is 2. The summed E-state index contributed by atoms with van der Waals surface area (Å²) in [6.07, 6.45) is 5.06. The van der Waals surface area contributed by atoms with Gasteiger partial charge in [-0.3, -0.25) is 0 Å². The van der Waals surface area contributed by atoms with Crippen LogP contribution in [0.25, 0.3) is 0 Å². The summed E-state index contributed by atoms with van der Waals surface area (Å²) in [5.41, 5.74) is 0.265. The number of nitrogens with one attached hydrogen (secondary N) is 1. The maximum atomic E-state index is 14.4. The average Bonchev–Trinajstić information content (AvgIpc) is 2.49. The summed E-state index contributed by atoms with van der Waals surface area (Å²) in [7, 11) is 1.79. The van der Waals surface area contributed by atoms with E-state index in [9.17, 15) is 8.78 Å². The lowest BCUT2D eigenvalue weighted by Crippen LogP contribution is -2.47. The van der Waals surface area contributed by atoms with Gasteiger partial charge in [-0.05, 0) is 39.3 Å². The van der Waals surface area contributed by atoms with Crippen molar-refractivity contribution in [1.82, 2.24) is 5.32 Å². The third kappa shape index (κ3) is 3.11. The fourth-order valence-corrected chi connectivity index (χ4v) is 3.54. The third-order valence-corrected chi connectivity index (χ3v) is 4.56. The molecule has 1 aliphatic rings. The summed E-state index contributed by atoms with van der Waals surface area (Å²) in [5, 5.41) is 3.17. The summed E-state index contributed by atoms with van der Waals surface area (Å²) in [6.45, 7) is 4.11. The fraction of sp³-hybridized carbons (Fsp3) is 0.647. The molecule has 1 aliphatic carbocycles. The standard InChI is InChI=1S/C17H25F2NO/c1-4-21-17(10-6-5-7-11-17)16(20-3)13-9-8-12(2)14(18)15(13)19/h8-9,16,20H,4-7,10-11H2,1-3H3. The van der Waals surface area contributed by atoms with Crippen LogP contribution in [0.3, 0.4) is 0 Å². The molecular weight excluding hydrogens is 272 g/mol. The molecule has 1 aromatic rings. The fourth-order valence-electron chi connectivity index (χ4n) is 3.54. The van der Waals surface area contributed by atoms with Gasteiger partial charge in [-0.1, -0.05) is 31.4 Å². The van der Waals surface area contributed by atoms with Crippen LogP contribution >= 0.6 is 0 Å². The SMILES string of the molecule is CCOC1(C(NC)c2ccc(C)c(F)c2F)CCCCC1. The summed E-state index contributed by atoms with van der Waals surface area (Å²) >= 11 is 0. The predicted octanol–water partition coefficient (Wildman–Crippen LogP) is 4.27. The van der Waals surface area contributed by atoms with E-state index in [-0.39, 0.29) is 6.04 Å². The molecule has 21 heavy (non-hydrogen) atoms. The number of ether oxygens (including phenoxy) is 1. The number of hydrogen-bond acceptors (Lipinski definition) is 2. The number of rotatable bonds is 5. The zero-order chi connectivity index (χ0) is 15.5. The maximum Gasteiger partial charge on any atom is 0.163 e. The second-order valence-electron chi connectivity index (χ2n) is 5.88. The molecule has 1 unspecified atom stereocenters. The summed E-state index contributed by atoms with van der Waals surface area (Å²) < 4.78 is 34.4. The smallest absolute Gasteiger partial charge is 0.163 e. The van der Waals surface area contributed by atoms with Crippen molar-refractivity contribution in [1.29, 1.82) is 0 Å². The van der Waals surface area contributed by atoms with E-state index in [1.54, 1.807) is 26.1 Å². The molecule has 0 radical (unpaired) electrons. The highest BCUT2D eigenvalue weighted by molar-refractivity contribution is 5.30. The Balaban J connectivity index is 2.43. The number of aryl methyl sites for hydroxylation is 1. The van der Waals surface area contributed by atoms with Crippen LogP contribution < -0.4 is 5.32 Å². The molecular formula is C17H25F2NO. The van der Waals surface area contributed by atoms with Gasteiger partial charge in [0.1, 0.15) is 0 Å². The minimum Gasteiger partial charge on any atom is -0.373 e. The quantitative estimate of drug-likeness (QED) is 0.876. The number of hydrogen-bond donors (Lipinski definition) is 1. The van der Waals surface area contributed by atoms with Crippen molar-refractivity contribution in [2.45, 2.75) is 57.6 Å². The number of likely N-dealkylation sites (N-methyl/N-ethyl adjacent to an activating group) is 1. The molecule has 0 spiro atoms. The Morgan fingerprint density at radius 1 is 1.19 bits per heavy atom. The Morgan fingerprint density at radius 2 is 1.86 bits per heavy atom. The van der Waals surface area contributed by atoms with Crippen LogP contribution in [-0.2, 0) is 4.74 Å². The minimum absolute atomic E-state index is 0.326. The molecule has 0 aromatic heterocycles. The lowest BCUT2D eigenvalue weighted by molar-refractivity contribution is -0.0905. The van der Waals surface area contributed by atoms with Gasteiger partial charge in [-0.25, -0.2) is 8.78 Å². The Kier molecular flexibility index (Phi) is 5.33. The van der Waals surface area contributed by atoms with Gasteiger partial charge in [-0.2, -0.15) is 0 Å². The van der Waals surface area contributed by atoms with E-state index in [1.165, 1.54) is 6.42 Å². The van der Waals surface area contributed by atoms with Crippen LogP contribution in [-0.4, -0.2) is 19.3 Å². The van der Waals surface area contributed by atoms with Gasteiger partial charge in [0.05, 0.1) is 11.6 Å². The lowest BCUT2D eigenvalue weighted by Gasteiger charge is -2.43. The largest absolute Gasteiger partial charge is 0.373 e. The molecule has 2 rings (SSSR count). The van der Waals surface area contributed by atoms with Gasteiger partial charge in [0.15, 0.2) is 11.6 Å². The summed E-state index contributed by atoms with van der Waals surface area (Å²) in [5.74, 6) is -1.51. The molecule has 1 fully saturated rings. The van der Waals surface area contributed by atoms with Gasteiger partial charge in [0, 0.05) is 12.2 Å². The first-order valence-corrected chi connectivity index (χ1v) is 7.81. The molecule has 1 N–H and O–H groups in total. The first-order chi connectivity index (χ1) is 10.1. The van der Waals surface area contributed by atoms with Crippen molar-refractivity contribution in [3.05, 3.63) is 34.9 Å². The second kappa shape index (κ2) is 6.84. The van der Waals surface area contributed by atoms with E-state index in [4.69, 9.17) is 4.74 Å². The highest BCUT2D eigenvalue weighted by atomic mass is 19.2. The Hall–Kier alpha value is -1.00. The highest BCUT2D eigenvalue weighted by Gasteiger charge is 2.42. The van der Waals surface area contributed by atoms with E-state index < -0.39 is 17.2 Å². The molecule has 1 saturated carbocycles. The number of benzene rings is 1. The lowest BCUT2D eigenvalue weighted by atomic mass is 9.76. The van der Waals surface area contributed by atoms with Gasteiger partial charge in [-0.15, -0.1) is 0 Å². The molecule has 0 aliphatic heterocycles. The van der Waals surface area contributed by atoms with E-state index in [2.05, 4.69) is 5.32 Å². The molecule has 0 amide bonds. The van der Waals surface area contributed by atoms with Crippen molar-refractivity contribution < 1.29 is 13.5 Å². The Morgan fingerprint density at radius 3 is 2.43 bits per heavy atom. The second-order valence-corrected chi connectivity index (χ2v) is 5.88. The topological polar surface area (TPSA) is 21.3 Å². The molecule has 0 bridgehead atoms. The van der Waals surface area contributed by atoms with Crippen molar-refractivity contribution in [2.75, 3.05) is 13.7 Å². The van der Waals surface area contributed by atoms with E-state index in [1.807, 2.05) is 6.92 Å². The molecule has 1 atom stereocenters. The molecule has 4 heteroatoms. The molecule has 1 aromatic carbocycles.